The molecule has 4 rings (SSSR count). The van der Waals surface area contributed by atoms with Crippen LogP contribution in [0.25, 0.3) is 11.2 Å². The van der Waals surface area contributed by atoms with Gasteiger partial charge in [0.2, 0.25) is 5.95 Å². The second-order valence-corrected chi connectivity index (χ2v) is 6.17. The fraction of sp³-hybridized carbons (Fsp3) is 0.500. The molecular weight excluding hydrogens is 382 g/mol. The Morgan fingerprint density at radius 1 is 1.11 bits per heavy atom. The number of anilines is 1. The summed E-state index contributed by atoms with van der Waals surface area (Å²) >= 11 is 0. The Hall–Kier alpha value is -3.07. The average molecular weight is 397 g/mol. The molecule has 4 unspecified atom stereocenters. The smallest absolute Gasteiger partial charge is 0.333 e. The van der Waals surface area contributed by atoms with Crippen molar-refractivity contribution >= 4 is 29.1 Å². The molecule has 2 aromatic heterocycles. The lowest BCUT2D eigenvalue weighted by Crippen LogP contribution is -2.34. The van der Waals surface area contributed by atoms with Gasteiger partial charge < -0.3 is 35.4 Å². The zero-order chi connectivity index (χ0) is 20.2. The van der Waals surface area contributed by atoms with E-state index in [9.17, 15) is 29.7 Å². The summed E-state index contributed by atoms with van der Waals surface area (Å²) in [7, 11) is 0. The number of aliphatic hydroxyl groups is 3. The van der Waals surface area contributed by atoms with E-state index in [1.807, 2.05) is 0 Å². The molecule has 5 N–H and O–H groups in total. The van der Waals surface area contributed by atoms with Gasteiger partial charge in [-0.25, -0.2) is 9.36 Å². The number of hydrogen-bond donors (Lipinski definition) is 4. The van der Waals surface area contributed by atoms with Gasteiger partial charge >= 0.3 is 23.5 Å². The van der Waals surface area contributed by atoms with E-state index in [1.54, 1.807) is 0 Å². The fourth-order valence-electron chi connectivity index (χ4n) is 3.04. The molecule has 1 fully saturated rings. The van der Waals surface area contributed by atoms with Crippen LogP contribution in [0.1, 0.15) is 19.1 Å². The van der Waals surface area contributed by atoms with Crippen molar-refractivity contribution < 1.29 is 39.2 Å². The summed E-state index contributed by atoms with van der Waals surface area (Å²) in [6.07, 6.45) is -6.42. The third-order valence-corrected chi connectivity index (χ3v) is 4.38. The van der Waals surface area contributed by atoms with E-state index in [2.05, 4.69) is 9.97 Å². The SMILES string of the molecule is Nc1nc(=O)c2nc3n(C4OC(CO)C(O)C4O)c2n1OC(=O)CCC(=O)O3. The van der Waals surface area contributed by atoms with E-state index < -0.39 is 60.6 Å². The summed E-state index contributed by atoms with van der Waals surface area (Å²) < 4.78 is 12.2. The molecule has 150 valence electrons. The van der Waals surface area contributed by atoms with Gasteiger partial charge in [-0.05, 0) is 0 Å². The monoisotopic (exact) mass is 397 g/mol. The van der Waals surface area contributed by atoms with Crippen LogP contribution in [0, 0.1) is 0 Å². The predicted molar refractivity (Wildman–Crippen MR) is 85.7 cm³/mol. The Balaban J connectivity index is 2.02. The van der Waals surface area contributed by atoms with Crippen molar-refractivity contribution in [2.24, 2.45) is 0 Å². The number of fused-ring (bicyclic) bond motifs is 1. The number of aliphatic hydroxyl groups excluding tert-OH is 3. The van der Waals surface area contributed by atoms with Crippen LogP contribution in [0.3, 0.4) is 0 Å². The zero-order valence-corrected chi connectivity index (χ0v) is 14.1. The number of imidazole rings is 1. The van der Waals surface area contributed by atoms with Crippen molar-refractivity contribution in [1.82, 2.24) is 19.3 Å². The standard InChI is InChI=1S/C14H15N5O9/c15-13-17-10(25)7-11-18(12-9(24)8(23)4(3-20)26-12)14(16-7)27-5(21)1-2-6(22)28-19(11)13/h4,8-9,12,20,23-24H,1-3H2,(H2,15,17,25). The third kappa shape index (κ3) is 2.70. The Kier molecular flexibility index (Phi) is 4.26. The fourth-order valence-corrected chi connectivity index (χ4v) is 3.04. The first-order valence-corrected chi connectivity index (χ1v) is 8.16. The summed E-state index contributed by atoms with van der Waals surface area (Å²) in [5.74, 6) is -2.23. The predicted octanol–water partition coefficient (Wildman–Crippen LogP) is -3.56. The van der Waals surface area contributed by atoms with Gasteiger partial charge in [-0.1, -0.05) is 0 Å². The highest BCUT2D eigenvalue weighted by Gasteiger charge is 2.46. The summed E-state index contributed by atoms with van der Waals surface area (Å²) in [4.78, 5) is 48.7. The van der Waals surface area contributed by atoms with Crippen molar-refractivity contribution in [3.05, 3.63) is 10.4 Å². The van der Waals surface area contributed by atoms with Crippen LogP contribution < -0.4 is 20.9 Å². The number of hydrogen-bond acceptors (Lipinski definition) is 12. The highest BCUT2D eigenvalue weighted by atomic mass is 16.7. The molecule has 2 bridgehead atoms. The Morgan fingerprint density at radius 2 is 1.82 bits per heavy atom. The van der Waals surface area contributed by atoms with Crippen LogP contribution in [-0.2, 0) is 14.3 Å². The molecule has 28 heavy (non-hydrogen) atoms. The van der Waals surface area contributed by atoms with Crippen molar-refractivity contribution in [3.8, 4) is 6.01 Å². The van der Waals surface area contributed by atoms with Gasteiger partial charge in [0.15, 0.2) is 17.4 Å². The minimum absolute atomic E-state index is 0.287. The summed E-state index contributed by atoms with van der Waals surface area (Å²) in [6.45, 7) is -0.623. The number of carbonyl (C=O) groups is 2. The maximum atomic E-state index is 12.2. The number of aromatic nitrogens is 4. The Morgan fingerprint density at radius 3 is 2.50 bits per heavy atom. The number of esters is 1. The maximum absolute atomic E-state index is 12.2. The molecule has 0 saturated carbocycles. The number of rotatable bonds is 2. The third-order valence-electron chi connectivity index (χ3n) is 4.38. The lowest BCUT2D eigenvalue weighted by Gasteiger charge is -2.21. The highest BCUT2D eigenvalue weighted by molar-refractivity contribution is 5.82. The van der Waals surface area contributed by atoms with Crippen LogP contribution in [-0.4, -0.2) is 71.4 Å². The van der Waals surface area contributed by atoms with Crippen molar-refractivity contribution in [2.75, 3.05) is 12.3 Å². The number of nitrogens with two attached hydrogens (primary N) is 1. The van der Waals surface area contributed by atoms with Gasteiger partial charge in [0, 0.05) is 0 Å². The lowest BCUT2D eigenvalue weighted by atomic mass is 10.1. The van der Waals surface area contributed by atoms with E-state index in [1.165, 1.54) is 0 Å². The van der Waals surface area contributed by atoms with Gasteiger partial charge in [0.1, 0.15) is 18.3 Å². The van der Waals surface area contributed by atoms with Gasteiger partial charge in [-0.2, -0.15) is 9.97 Å². The van der Waals surface area contributed by atoms with Crippen LogP contribution in [0.4, 0.5) is 5.95 Å². The molecular formula is C14H15N5O9. The molecule has 0 radical (unpaired) electrons. The second-order valence-electron chi connectivity index (χ2n) is 6.17. The largest absolute Gasteiger partial charge is 0.394 e. The quantitative estimate of drug-likeness (QED) is 0.364. The van der Waals surface area contributed by atoms with E-state index >= 15 is 0 Å². The van der Waals surface area contributed by atoms with Crippen LogP contribution >= 0.6 is 0 Å². The molecule has 0 aromatic carbocycles. The first kappa shape index (κ1) is 18.3. The van der Waals surface area contributed by atoms with Gasteiger partial charge in [-0.3, -0.25) is 9.59 Å². The van der Waals surface area contributed by atoms with E-state index in [0.717, 1.165) is 4.57 Å². The molecule has 14 heteroatoms. The van der Waals surface area contributed by atoms with Crippen molar-refractivity contribution in [1.29, 1.82) is 0 Å². The Labute approximate surface area is 154 Å². The number of carbonyl (C=O) groups excluding carboxylic acids is 2. The first-order valence-electron chi connectivity index (χ1n) is 8.16. The molecule has 2 aliphatic heterocycles. The molecule has 1 saturated heterocycles. The van der Waals surface area contributed by atoms with E-state index in [-0.39, 0.29) is 24.0 Å². The molecule has 0 spiro atoms. The van der Waals surface area contributed by atoms with Crippen molar-refractivity contribution in [2.45, 2.75) is 37.4 Å². The van der Waals surface area contributed by atoms with Crippen LogP contribution in [0.5, 0.6) is 6.01 Å². The lowest BCUT2D eigenvalue weighted by molar-refractivity contribution is -0.148. The summed E-state index contributed by atoms with van der Waals surface area (Å²) in [5, 5.41) is 29.7. The zero-order valence-electron chi connectivity index (χ0n) is 14.1. The number of nitrogens with zero attached hydrogens (tertiary/aromatic N) is 4. The van der Waals surface area contributed by atoms with E-state index in [4.69, 9.17) is 20.0 Å². The number of nitrogen functional groups attached to an aromatic ring is 1. The first-order chi connectivity index (χ1) is 13.3. The number of ether oxygens (including phenoxy) is 2. The van der Waals surface area contributed by atoms with E-state index in [0.29, 0.717) is 4.73 Å². The molecule has 4 heterocycles. The molecule has 2 aromatic rings. The summed E-state index contributed by atoms with van der Waals surface area (Å²) in [5.41, 5.74) is 4.12. The maximum Gasteiger partial charge on any atom is 0.333 e. The Bertz CT molecular complexity index is 1030. The van der Waals surface area contributed by atoms with Gasteiger partial charge in [-0.15, -0.1) is 4.73 Å². The molecule has 0 aliphatic carbocycles. The van der Waals surface area contributed by atoms with Gasteiger partial charge in [0.25, 0.3) is 0 Å². The topological polar surface area (TPSA) is 201 Å². The van der Waals surface area contributed by atoms with Crippen molar-refractivity contribution in [3.63, 3.8) is 0 Å². The second kappa shape index (κ2) is 6.52. The molecule has 4 atom stereocenters. The molecule has 2 aliphatic rings. The van der Waals surface area contributed by atoms with Crippen LogP contribution in [0.15, 0.2) is 4.79 Å². The molecule has 14 nitrogen and oxygen atoms in total. The highest BCUT2D eigenvalue weighted by Crippen LogP contribution is 2.35. The van der Waals surface area contributed by atoms with Crippen LogP contribution in [0.2, 0.25) is 0 Å². The minimum Gasteiger partial charge on any atom is -0.394 e. The average Bonchev–Trinajstić information content (AvgIpc) is 3.14. The minimum atomic E-state index is -1.61. The summed E-state index contributed by atoms with van der Waals surface area (Å²) in [6, 6.07) is -0.467. The van der Waals surface area contributed by atoms with Gasteiger partial charge in [0.05, 0.1) is 19.4 Å². The molecule has 0 amide bonds. The normalized spacial score (nSPS) is 27.8.